The Labute approximate surface area is 122 Å². The van der Waals surface area contributed by atoms with Crippen molar-refractivity contribution in [2.24, 2.45) is 0 Å². The molecule has 0 saturated carbocycles. The minimum Gasteiger partial charge on any atom is -0.399 e. The van der Waals surface area contributed by atoms with Crippen molar-refractivity contribution in [2.45, 2.75) is 13.1 Å². The molecule has 0 fully saturated rings. The zero-order chi connectivity index (χ0) is 14.9. The molecule has 0 bridgehead atoms. The van der Waals surface area contributed by atoms with E-state index in [0.717, 1.165) is 11.6 Å². The van der Waals surface area contributed by atoms with Crippen LogP contribution < -0.4 is 11.1 Å². The molecule has 0 aliphatic heterocycles. The zero-order valence-electron chi connectivity index (χ0n) is 10.6. The number of aryl methyl sites for hydroxylation is 1. The van der Waals surface area contributed by atoms with Crippen LogP contribution in [-0.4, -0.2) is 0 Å². The predicted octanol–water partition coefficient (Wildman–Crippen LogP) is 5.10. The van der Waals surface area contributed by atoms with Crippen LogP contribution in [-0.2, 0) is 6.18 Å². The maximum absolute atomic E-state index is 13.0. The molecule has 0 unspecified atom stereocenters. The first-order chi connectivity index (χ1) is 9.27. The zero-order valence-corrected chi connectivity index (χ0v) is 12.1. The van der Waals surface area contributed by atoms with Gasteiger partial charge in [0.2, 0.25) is 0 Å². The van der Waals surface area contributed by atoms with Crippen molar-refractivity contribution >= 4 is 33.0 Å². The molecule has 20 heavy (non-hydrogen) atoms. The van der Waals surface area contributed by atoms with E-state index >= 15 is 0 Å². The summed E-state index contributed by atoms with van der Waals surface area (Å²) in [7, 11) is 0. The second kappa shape index (κ2) is 5.36. The third kappa shape index (κ3) is 3.25. The molecular weight excluding hydrogens is 333 g/mol. The lowest BCUT2D eigenvalue weighted by atomic mass is 10.1. The van der Waals surface area contributed by atoms with Crippen molar-refractivity contribution in [3.8, 4) is 0 Å². The molecule has 0 radical (unpaired) electrons. The summed E-state index contributed by atoms with van der Waals surface area (Å²) in [6.07, 6.45) is -4.46. The number of rotatable bonds is 2. The minimum atomic E-state index is -4.46. The van der Waals surface area contributed by atoms with Gasteiger partial charge in [-0.1, -0.05) is 6.07 Å². The lowest BCUT2D eigenvalue weighted by Gasteiger charge is -2.16. The summed E-state index contributed by atoms with van der Waals surface area (Å²) in [5.74, 6) is 0. The standard InChI is InChI=1S/C14H12BrF3N2/c1-8-2-4-11(15)13(6-8)20-12-5-3-9(19)7-10(12)14(16,17)18/h2-7,20H,19H2,1H3. The van der Waals surface area contributed by atoms with Crippen molar-refractivity contribution in [3.05, 3.63) is 52.0 Å². The summed E-state index contributed by atoms with van der Waals surface area (Å²) in [4.78, 5) is 0. The van der Waals surface area contributed by atoms with Gasteiger partial charge in [0.1, 0.15) is 0 Å². The Kier molecular flexibility index (Phi) is 3.94. The van der Waals surface area contributed by atoms with Crippen LogP contribution in [0.15, 0.2) is 40.9 Å². The van der Waals surface area contributed by atoms with Gasteiger partial charge in [-0.25, -0.2) is 0 Å². The number of alkyl halides is 3. The predicted molar refractivity (Wildman–Crippen MR) is 78.0 cm³/mol. The first kappa shape index (κ1) is 14.7. The smallest absolute Gasteiger partial charge is 0.399 e. The average molecular weight is 345 g/mol. The van der Waals surface area contributed by atoms with Crippen molar-refractivity contribution < 1.29 is 13.2 Å². The van der Waals surface area contributed by atoms with Crippen molar-refractivity contribution in [1.82, 2.24) is 0 Å². The normalized spacial score (nSPS) is 11.4. The molecule has 0 aliphatic carbocycles. The van der Waals surface area contributed by atoms with Gasteiger partial charge in [0, 0.05) is 10.2 Å². The Morgan fingerprint density at radius 2 is 1.75 bits per heavy atom. The van der Waals surface area contributed by atoms with Gasteiger partial charge in [-0.15, -0.1) is 0 Å². The van der Waals surface area contributed by atoms with Gasteiger partial charge >= 0.3 is 6.18 Å². The third-order valence-electron chi connectivity index (χ3n) is 2.74. The number of hydrogen-bond acceptors (Lipinski definition) is 2. The molecule has 2 aromatic rings. The molecule has 2 nitrogen and oxygen atoms in total. The summed E-state index contributed by atoms with van der Waals surface area (Å²) in [6.45, 7) is 1.87. The van der Waals surface area contributed by atoms with Gasteiger partial charge < -0.3 is 11.1 Å². The first-order valence-electron chi connectivity index (χ1n) is 5.77. The lowest BCUT2D eigenvalue weighted by molar-refractivity contribution is -0.136. The maximum atomic E-state index is 13.0. The highest BCUT2D eigenvalue weighted by Gasteiger charge is 2.33. The number of nitrogens with one attached hydrogen (secondary N) is 1. The second-order valence-electron chi connectivity index (χ2n) is 4.41. The molecule has 2 aromatic carbocycles. The summed E-state index contributed by atoms with van der Waals surface area (Å²) in [5, 5.41) is 2.79. The van der Waals surface area contributed by atoms with Crippen LogP contribution >= 0.6 is 15.9 Å². The van der Waals surface area contributed by atoms with Crippen LogP contribution in [0.1, 0.15) is 11.1 Å². The number of nitrogen functional groups attached to an aromatic ring is 1. The van der Waals surface area contributed by atoms with E-state index in [1.165, 1.54) is 12.1 Å². The highest BCUT2D eigenvalue weighted by atomic mass is 79.9. The van der Waals surface area contributed by atoms with Gasteiger partial charge in [-0.3, -0.25) is 0 Å². The molecular formula is C14H12BrF3N2. The highest BCUT2D eigenvalue weighted by Crippen LogP contribution is 2.38. The summed E-state index contributed by atoms with van der Waals surface area (Å²) in [5.41, 5.74) is 6.21. The molecule has 0 saturated heterocycles. The Hall–Kier alpha value is -1.69. The van der Waals surface area contributed by atoms with Crippen LogP contribution in [0.4, 0.5) is 30.2 Å². The average Bonchev–Trinajstić information content (AvgIpc) is 2.34. The Morgan fingerprint density at radius 3 is 2.40 bits per heavy atom. The van der Waals surface area contributed by atoms with Gasteiger partial charge in [0.05, 0.1) is 16.9 Å². The van der Waals surface area contributed by atoms with Gasteiger partial charge in [0.25, 0.3) is 0 Å². The van der Waals surface area contributed by atoms with Gasteiger partial charge in [-0.2, -0.15) is 13.2 Å². The molecule has 0 aliphatic rings. The fourth-order valence-electron chi connectivity index (χ4n) is 1.79. The van der Waals surface area contributed by atoms with E-state index in [0.29, 0.717) is 10.2 Å². The molecule has 0 heterocycles. The topological polar surface area (TPSA) is 38.0 Å². The quantitative estimate of drug-likeness (QED) is 0.743. The first-order valence-corrected chi connectivity index (χ1v) is 6.56. The maximum Gasteiger partial charge on any atom is 0.418 e. The molecule has 0 aromatic heterocycles. The van der Waals surface area contributed by atoms with Crippen molar-refractivity contribution in [3.63, 3.8) is 0 Å². The number of hydrogen-bond donors (Lipinski definition) is 2. The SMILES string of the molecule is Cc1ccc(Br)c(Nc2ccc(N)cc2C(F)(F)F)c1. The number of nitrogens with two attached hydrogens (primary N) is 1. The van der Waals surface area contributed by atoms with Crippen LogP contribution in [0.2, 0.25) is 0 Å². The number of anilines is 3. The minimum absolute atomic E-state index is 0.0296. The fraction of sp³-hybridized carbons (Fsp3) is 0.143. The molecule has 6 heteroatoms. The largest absolute Gasteiger partial charge is 0.418 e. The van der Waals surface area contributed by atoms with Crippen LogP contribution in [0, 0.1) is 6.92 Å². The number of halogens is 4. The molecule has 0 amide bonds. The fourth-order valence-corrected chi connectivity index (χ4v) is 2.13. The van der Waals surface area contributed by atoms with Crippen molar-refractivity contribution in [1.29, 1.82) is 0 Å². The molecule has 3 N–H and O–H groups in total. The Morgan fingerprint density at radius 1 is 1.05 bits per heavy atom. The second-order valence-corrected chi connectivity index (χ2v) is 5.27. The highest BCUT2D eigenvalue weighted by molar-refractivity contribution is 9.10. The third-order valence-corrected chi connectivity index (χ3v) is 3.43. The molecule has 106 valence electrons. The van der Waals surface area contributed by atoms with E-state index < -0.39 is 11.7 Å². The van der Waals surface area contributed by atoms with Gasteiger partial charge in [0.15, 0.2) is 0 Å². The van der Waals surface area contributed by atoms with Crippen LogP contribution in [0.3, 0.4) is 0 Å². The Bertz CT molecular complexity index is 639. The summed E-state index contributed by atoms with van der Waals surface area (Å²) in [6, 6.07) is 9.09. The molecule has 2 rings (SSSR count). The lowest BCUT2D eigenvalue weighted by Crippen LogP contribution is -2.09. The van der Waals surface area contributed by atoms with E-state index in [1.807, 2.05) is 13.0 Å². The van der Waals surface area contributed by atoms with Crippen LogP contribution in [0.5, 0.6) is 0 Å². The van der Waals surface area contributed by atoms with E-state index in [4.69, 9.17) is 5.73 Å². The summed E-state index contributed by atoms with van der Waals surface area (Å²) >= 11 is 3.31. The summed E-state index contributed by atoms with van der Waals surface area (Å²) < 4.78 is 39.7. The van der Waals surface area contributed by atoms with Gasteiger partial charge in [-0.05, 0) is 58.7 Å². The van der Waals surface area contributed by atoms with E-state index in [9.17, 15) is 13.2 Å². The van der Waals surface area contributed by atoms with E-state index in [2.05, 4.69) is 21.2 Å². The van der Waals surface area contributed by atoms with Crippen molar-refractivity contribution in [2.75, 3.05) is 11.1 Å². The molecule has 0 atom stereocenters. The van der Waals surface area contributed by atoms with Crippen LogP contribution in [0.25, 0.3) is 0 Å². The monoisotopic (exact) mass is 344 g/mol. The molecule has 0 spiro atoms. The Balaban J connectivity index is 2.46. The van der Waals surface area contributed by atoms with E-state index in [1.54, 1.807) is 12.1 Å². The number of benzene rings is 2. The van der Waals surface area contributed by atoms with E-state index in [-0.39, 0.29) is 11.4 Å².